The van der Waals surface area contributed by atoms with E-state index in [0.29, 0.717) is 0 Å². The highest BCUT2D eigenvalue weighted by Crippen LogP contribution is 2.35. The summed E-state index contributed by atoms with van der Waals surface area (Å²) in [6.07, 6.45) is -3.37. The van der Waals surface area contributed by atoms with E-state index in [0.717, 1.165) is 18.3 Å². The van der Waals surface area contributed by atoms with Gasteiger partial charge in [0.2, 0.25) is 0 Å². The van der Waals surface area contributed by atoms with Crippen LogP contribution >= 0.6 is 0 Å². The van der Waals surface area contributed by atoms with Crippen molar-refractivity contribution in [3.05, 3.63) is 69.9 Å². The number of halogens is 3. The topological polar surface area (TPSA) is 91.8 Å². The Bertz CT molecular complexity index is 1060. The third-order valence-electron chi connectivity index (χ3n) is 3.65. The lowest BCUT2D eigenvalue weighted by Gasteiger charge is -2.13. The Morgan fingerprint density at radius 1 is 1.19 bits per heavy atom. The van der Waals surface area contributed by atoms with E-state index in [2.05, 4.69) is 10.3 Å². The summed E-state index contributed by atoms with van der Waals surface area (Å²) in [5.74, 6) is 0. The molecule has 1 N–H and O–H groups in total. The van der Waals surface area contributed by atoms with Crippen LogP contribution in [0.5, 0.6) is 0 Å². The lowest BCUT2D eigenvalue weighted by molar-refractivity contribution is -0.383. The molecule has 0 aliphatic rings. The van der Waals surface area contributed by atoms with E-state index < -0.39 is 16.7 Å². The molecule has 0 bridgehead atoms. The van der Waals surface area contributed by atoms with Crippen LogP contribution in [0.25, 0.3) is 10.9 Å². The van der Waals surface area contributed by atoms with Crippen LogP contribution in [0.1, 0.15) is 11.1 Å². The quantitative estimate of drug-likeness (QED) is 0.537. The standard InChI is InChI=1S/C17H9F3N4O2/c18-17(19,20)11-3-1-4-12(7-11)23-15-10(8-21)9-22-16-13(15)5-2-6-14(16)24(25)26/h1-7,9H,(H,22,23). The number of nitrogens with one attached hydrogen (secondary N) is 1. The van der Waals surface area contributed by atoms with Gasteiger partial charge in [0, 0.05) is 23.3 Å². The van der Waals surface area contributed by atoms with E-state index >= 15 is 0 Å². The van der Waals surface area contributed by atoms with Crippen molar-refractivity contribution in [3.8, 4) is 6.07 Å². The predicted octanol–water partition coefficient (Wildman–Crippen LogP) is 4.78. The highest BCUT2D eigenvalue weighted by molar-refractivity contribution is 5.99. The number of pyridine rings is 1. The van der Waals surface area contributed by atoms with E-state index in [9.17, 15) is 28.5 Å². The molecule has 1 aromatic heterocycles. The lowest BCUT2D eigenvalue weighted by atomic mass is 10.1. The number of aromatic nitrogens is 1. The number of fused-ring (bicyclic) bond motifs is 1. The smallest absolute Gasteiger partial charge is 0.354 e. The molecule has 6 nitrogen and oxygen atoms in total. The summed E-state index contributed by atoms with van der Waals surface area (Å²) in [5.41, 5.74) is -0.790. The number of nitriles is 1. The molecule has 0 saturated carbocycles. The highest BCUT2D eigenvalue weighted by Gasteiger charge is 2.30. The van der Waals surface area contributed by atoms with E-state index in [1.165, 1.54) is 30.3 Å². The second-order valence-corrected chi connectivity index (χ2v) is 5.29. The zero-order chi connectivity index (χ0) is 18.9. The lowest BCUT2D eigenvalue weighted by Crippen LogP contribution is -2.05. The number of hydrogen-bond acceptors (Lipinski definition) is 5. The molecule has 3 aromatic rings. The molecule has 0 aliphatic carbocycles. The molecule has 26 heavy (non-hydrogen) atoms. The average molecular weight is 358 g/mol. The SMILES string of the molecule is N#Cc1cnc2c([N+](=O)[O-])cccc2c1Nc1cccc(C(F)(F)F)c1. The van der Waals surface area contributed by atoms with Gasteiger partial charge < -0.3 is 5.32 Å². The van der Waals surface area contributed by atoms with Gasteiger partial charge in [-0.2, -0.15) is 18.4 Å². The van der Waals surface area contributed by atoms with Crippen molar-refractivity contribution in [1.82, 2.24) is 4.98 Å². The van der Waals surface area contributed by atoms with Gasteiger partial charge in [-0.15, -0.1) is 0 Å². The summed E-state index contributed by atoms with van der Waals surface area (Å²) in [5, 5.41) is 23.4. The summed E-state index contributed by atoms with van der Waals surface area (Å²) in [6, 6.07) is 10.5. The van der Waals surface area contributed by atoms with Crippen molar-refractivity contribution in [2.24, 2.45) is 0 Å². The van der Waals surface area contributed by atoms with Crippen LogP contribution in [-0.4, -0.2) is 9.91 Å². The Hall–Kier alpha value is -3.67. The van der Waals surface area contributed by atoms with Crippen molar-refractivity contribution in [2.45, 2.75) is 6.18 Å². The van der Waals surface area contributed by atoms with Crippen molar-refractivity contribution >= 4 is 28.0 Å². The highest BCUT2D eigenvalue weighted by atomic mass is 19.4. The van der Waals surface area contributed by atoms with Gasteiger partial charge >= 0.3 is 6.18 Å². The molecule has 0 radical (unpaired) electrons. The summed E-state index contributed by atoms with van der Waals surface area (Å²) in [4.78, 5) is 14.5. The molecule has 1 heterocycles. The molecule has 0 unspecified atom stereocenters. The summed E-state index contributed by atoms with van der Waals surface area (Å²) >= 11 is 0. The van der Waals surface area contributed by atoms with Gasteiger partial charge in [-0.3, -0.25) is 10.1 Å². The Balaban J connectivity index is 2.17. The maximum Gasteiger partial charge on any atom is 0.416 e. The van der Waals surface area contributed by atoms with Gasteiger partial charge in [0.25, 0.3) is 5.69 Å². The molecule has 2 aromatic carbocycles. The summed E-state index contributed by atoms with van der Waals surface area (Å²) in [6.45, 7) is 0. The summed E-state index contributed by atoms with van der Waals surface area (Å²) < 4.78 is 38.6. The Morgan fingerprint density at radius 2 is 1.92 bits per heavy atom. The maximum atomic E-state index is 12.9. The van der Waals surface area contributed by atoms with Gasteiger partial charge in [0.15, 0.2) is 0 Å². The number of benzene rings is 2. The van der Waals surface area contributed by atoms with Crippen LogP contribution in [0.2, 0.25) is 0 Å². The van der Waals surface area contributed by atoms with E-state index in [-0.39, 0.29) is 33.5 Å². The van der Waals surface area contributed by atoms with Crippen LogP contribution in [-0.2, 0) is 6.18 Å². The first-order valence-electron chi connectivity index (χ1n) is 7.22. The molecule has 130 valence electrons. The molecule has 0 atom stereocenters. The summed E-state index contributed by atoms with van der Waals surface area (Å²) in [7, 11) is 0. The van der Waals surface area contributed by atoms with Crippen molar-refractivity contribution in [3.63, 3.8) is 0 Å². The molecule has 0 fully saturated rings. The first kappa shape index (κ1) is 17.2. The van der Waals surface area contributed by atoms with E-state index in [4.69, 9.17) is 0 Å². The predicted molar refractivity (Wildman–Crippen MR) is 87.8 cm³/mol. The fourth-order valence-electron chi connectivity index (χ4n) is 2.49. The first-order chi connectivity index (χ1) is 12.3. The second kappa shape index (κ2) is 6.33. The monoisotopic (exact) mass is 358 g/mol. The zero-order valence-corrected chi connectivity index (χ0v) is 12.9. The number of nitro groups is 1. The first-order valence-corrected chi connectivity index (χ1v) is 7.22. The minimum Gasteiger partial charge on any atom is -0.354 e. The molecule has 0 amide bonds. The number of nitrogens with zero attached hydrogens (tertiary/aromatic N) is 3. The van der Waals surface area contributed by atoms with Crippen molar-refractivity contribution in [1.29, 1.82) is 5.26 Å². The minimum absolute atomic E-state index is 0.0333. The Kier molecular flexibility index (Phi) is 4.18. The fraction of sp³-hybridized carbons (Fsp3) is 0.0588. The number of para-hydroxylation sites is 1. The molecule has 0 aliphatic heterocycles. The molecule has 0 saturated heterocycles. The van der Waals surface area contributed by atoms with Gasteiger partial charge in [0.05, 0.1) is 21.7 Å². The van der Waals surface area contributed by atoms with Crippen LogP contribution in [0.4, 0.5) is 30.2 Å². The third kappa shape index (κ3) is 3.12. The van der Waals surface area contributed by atoms with Gasteiger partial charge in [0.1, 0.15) is 11.6 Å². The largest absolute Gasteiger partial charge is 0.416 e. The molecule has 0 spiro atoms. The van der Waals surface area contributed by atoms with Crippen LogP contribution < -0.4 is 5.32 Å². The number of nitro benzene ring substituents is 1. The molecule has 3 rings (SSSR count). The van der Waals surface area contributed by atoms with E-state index in [1.54, 1.807) is 0 Å². The average Bonchev–Trinajstić information content (AvgIpc) is 2.61. The van der Waals surface area contributed by atoms with Crippen molar-refractivity contribution < 1.29 is 18.1 Å². The molecular weight excluding hydrogens is 349 g/mol. The number of alkyl halides is 3. The Labute approximate surface area is 144 Å². The number of anilines is 2. The number of non-ortho nitro benzene ring substituents is 1. The van der Waals surface area contributed by atoms with Gasteiger partial charge in [-0.25, -0.2) is 4.98 Å². The van der Waals surface area contributed by atoms with E-state index in [1.807, 2.05) is 6.07 Å². The second-order valence-electron chi connectivity index (χ2n) is 5.29. The normalized spacial score (nSPS) is 11.2. The van der Waals surface area contributed by atoms with Crippen molar-refractivity contribution in [2.75, 3.05) is 5.32 Å². The van der Waals surface area contributed by atoms with Gasteiger partial charge in [-0.1, -0.05) is 18.2 Å². The minimum atomic E-state index is -4.52. The maximum absolute atomic E-state index is 12.9. The zero-order valence-electron chi connectivity index (χ0n) is 12.9. The third-order valence-corrected chi connectivity index (χ3v) is 3.65. The molecular formula is C17H9F3N4O2. The van der Waals surface area contributed by atoms with Gasteiger partial charge in [-0.05, 0) is 18.2 Å². The molecule has 9 heteroatoms. The van der Waals surface area contributed by atoms with Crippen LogP contribution in [0.3, 0.4) is 0 Å². The van der Waals surface area contributed by atoms with Crippen LogP contribution in [0, 0.1) is 21.4 Å². The fourth-order valence-corrected chi connectivity index (χ4v) is 2.49. The Morgan fingerprint density at radius 3 is 2.58 bits per heavy atom. The number of hydrogen-bond donors (Lipinski definition) is 1. The van der Waals surface area contributed by atoms with Crippen LogP contribution in [0.15, 0.2) is 48.7 Å². The number of rotatable bonds is 3.